The molecule has 0 amide bonds. The van der Waals surface area contributed by atoms with Crippen molar-refractivity contribution >= 4 is 0 Å². The molecule has 0 aromatic carbocycles. The van der Waals surface area contributed by atoms with E-state index >= 15 is 0 Å². The number of alkyl halides is 53. The minimum Gasteiger partial charge on any atom is -0.192 e. The van der Waals surface area contributed by atoms with Crippen molar-refractivity contribution in [2.75, 3.05) is 0 Å². The zero-order valence-electron chi connectivity index (χ0n) is 34.3. The summed E-state index contributed by atoms with van der Waals surface area (Å²) in [5.41, 5.74) is 0. The molecular formula is C27F55. The summed E-state index contributed by atoms with van der Waals surface area (Å²) in [5.74, 6) is -262. The number of halogens is 55. The topological polar surface area (TPSA) is 0 Å². The average molecular weight is 1370 g/mol. The van der Waals surface area contributed by atoms with Gasteiger partial charge in [-0.15, -0.1) is 0 Å². The summed E-state index contributed by atoms with van der Waals surface area (Å²) in [6.45, 7) is 0. The molecule has 0 aromatic rings. The Labute approximate surface area is 403 Å². The van der Waals surface area contributed by atoms with Crippen molar-refractivity contribution in [2.45, 2.75) is 154 Å². The Balaban J connectivity index is 8.28. The minimum atomic E-state index is -11.1. The van der Waals surface area contributed by atoms with Gasteiger partial charge in [0.15, 0.2) is 0 Å². The van der Waals surface area contributed by atoms with Gasteiger partial charge in [-0.3, -0.25) is 0 Å². The van der Waals surface area contributed by atoms with Crippen LogP contribution in [0, 0.1) is 6.43 Å². The van der Waals surface area contributed by atoms with Gasteiger partial charge < -0.3 is 0 Å². The van der Waals surface area contributed by atoms with E-state index in [0.717, 1.165) is 0 Å². The standard InChI is InChI=1S/C27F55/c28-1(29)2(30,31)3(32,33)4(34,35)5(36,37)6(38,39)7(40,41)8(42,43)9(44,45)10(46,47)11(48,49)12(50,51)13(52,53)14(54,55)15(56,57)16(58,59)17(60,61)18(62,63)19(64,65)20(66,67)21(68,69)22(70,71)23(72,73)24(74,75)25(76,77)26(78,79)27(80,81)82. The summed E-state index contributed by atoms with van der Waals surface area (Å²) < 4.78 is 751. The van der Waals surface area contributed by atoms with Crippen molar-refractivity contribution in [3.05, 3.63) is 6.43 Å². The molecule has 0 rings (SSSR count). The van der Waals surface area contributed by atoms with Crippen LogP contribution in [0.1, 0.15) is 0 Å². The van der Waals surface area contributed by atoms with E-state index in [9.17, 15) is 241 Å². The van der Waals surface area contributed by atoms with E-state index in [1.54, 1.807) is 0 Å². The Hall–Kier alpha value is -3.85. The lowest BCUT2D eigenvalue weighted by molar-refractivity contribution is -0.499. The molecule has 1 radical (unpaired) electrons. The number of hydrogen-bond donors (Lipinski definition) is 0. The Kier molecular flexibility index (Phi) is 17.7. The van der Waals surface area contributed by atoms with Crippen molar-refractivity contribution < 1.29 is 241 Å². The molecule has 55 heteroatoms. The molecule has 0 atom stereocenters. The van der Waals surface area contributed by atoms with Gasteiger partial charge in [0.2, 0.25) is 0 Å². The molecule has 0 N–H and O–H groups in total. The highest BCUT2D eigenvalue weighted by molar-refractivity contribution is 5.25. The molecule has 82 heavy (non-hydrogen) atoms. The predicted molar refractivity (Wildman–Crippen MR) is 135 cm³/mol. The quantitative estimate of drug-likeness (QED) is 0.0799. The molecule has 0 saturated heterocycles. The SMILES string of the molecule is F[C](F)C(F)(F)C(F)(F)C(F)(F)C(F)(F)C(F)(F)C(F)(F)C(F)(F)C(F)(F)C(F)(F)C(F)(F)C(F)(F)C(F)(F)C(F)(F)C(F)(F)C(F)(F)C(F)(F)C(F)(F)C(F)(F)C(F)(F)C(F)(F)C(F)(F)C(F)(F)C(F)(F)C(F)(F)C(F)(F)C(F)(F)F. The normalized spacial score (nSPS) is 17.6. The third-order valence-electron chi connectivity index (χ3n) is 10.1. The lowest BCUT2D eigenvalue weighted by atomic mass is 9.81. The van der Waals surface area contributed by atoms with Gasteiger partial charge in [0.25, 0.3) is 0 Å². The van der Waals surface area contributed by atoms with Crippen molar-refractivity contribution in [2.24, 2.45) is 0 Å². The Morgan fingerprint density at radius 2 is 0.183 bits per heavy atom. The highest BCUT2D eigenvalue weighted by Crippen LogP contribution is 2.73. The summed E-state index contributed by atoms with van der Waals surface area (Å²) in [6.07, 6.45) is -14.5. The van der Waals surface area contributed by atoms with Gasteiger partial charge in [0, 0.05) is 0 Å². The lowest BCUT2D eigenvalue weighted by Crippen LogP contribution is -2.81. The minimum absolute atomic E-state index is 5.81. The van der Waals surface area contributed by atoms with E-state index in [-0.39, 0.29) is 0 Å². The second kappa shape index (κ2) is 18.6. The molecule has 0 bridgehead atoms. The monoisotopic (exact) mass is 1370 g/mol. The van der Waals surface area contributed by atoms with E-state index in [0.29, 0.717) is 0 Å². The van der Waals surface area contributed by atoms with Crippen molar-refractivity contribution in [3.63, 3.8) is 0 Å². The highest BCUT2D eigenvalue weighted by atomic mass is 19.5. The second-order valence-corrected chi connectivity index (χ2v) is 15.1. The Morgan fingerprint density at radius 1 is 0.110 bits per heavy atom. The van der Waals surface area contributed by atoms with Crippen LogP contribution in [0.4, 0.5) is 241 Å². The van der Waals surface area contributed by atoms with Crippen LogP contribution in [0.5, 0.6) is 0 Å². The van der Waals surface area contributed by atoms with E-state index < -0.39 is 161 Å². The first kappa shape index (κ1) is 78.1. The molecular weight excluding hydrogens is 1370 g/mol. The third-order valence-corrected chi connectivity index (χ3v) is 10.1. The molecule has 0 aromatic heterocycles. The maximum Gasteiger partial charge on any atom is 0.460 e. The average Bonchev–Trinajstić information content (AvgIpc) is 3.23. The predicted octanol–water partition coefficient (Wildman–Crippen LogP) is 17.9. The second-order valence-electron chi connectivity index (χ2n) is 15.1. The molecule has 0 aliphatic rings. The maximum absolute atomic E-state index is 14.1. The molecule has 493 valence electrons. The zero-order valence-corrected chi connectivity index (χ0v) is 34.3. The first-order valence-corrected chi connectivity index (χ1v) is 16.9. The van der Waals surface area contributed by atoms with Gasteiger partial charge in [-0.1, -0.05) is 0 Å². The molecule has 0 unspecified atom stereocenters. The van der Waals surface area contributed by atoms with Crippen LogP contribution in [0.15, 0.2) is 0 Å². The molecule has 0 nitrogen and oxygen atoms in total. The zero-order chi connectivity index (χ0) is 68.6. The van der Waals surface area contributed by atoms with Crippen LogP contribution in [0.25, 0.3) is 0 Å². The van der Waals surface area contributed by atoms with Crippen molar-refractivity contribution in [3.8, 4) is 0 Å². The fraction of sp³-hybridized carbons (Fsp3) is 0.963. The van der Waals surface area contributed by atoms with E-state index in [2.05, 4.69) is 0 Å². The van der Waals surface area contributed by atoms with Gasteiger partial charge in [-0.05, 0) is 0 Å². The van der Waals surface area contributed by atoms with Crippen molar-refractivity contribution in [1.82, 2.24) is 0 Å². The first-order valence-electron chi connectivity index (χ1n) is 16.9. The first-order chi connectivity index (χ1) is 34.2. The summed E-state index contributed by atoms with van der Waals surface area (Å²) in [6, 6.07) is 0. The van der Waals surface area contributed by atoms with Crippen LogP contribution in [-0.2, 0) is 0 Å². The Morgan fingerprint density at radius 3 is 0.256 bits per heavy atom. The fourth-order valence-electron chi connectivity index (χ4n) is 4.83. The summed E-state index contributed by atoms with van der Waals surface area (Å²) in [4.78, 5) is 0. The van der Waals surface area contributed by atoms with Gasteiger partial charge in [0.1, 0.15) is 0 Å². The van der Waals surface area contributed by atoms with Gasteiger partial charge in [0.05, 0.1) is 0 Å². The van der Waals surface area contributed by atoms with Crippen LogP contribution in [-0.4, -0.2) is 154 Å². The van der Waals surface area contributed by atoms with Gasteiger partial charge >= 0.3 is 161 Å². The van der Waals surface area contributed by atoms with Gasteiger partial charge in [-0.25, -0.2) is 0 Å². The summed E-state index contributed by atoms with van der Waals surface area (Å²) in [7, 11) is 0. The summed E-state index contributed by atoms with van der Waals surface area (Å²) in [5, 5.41) is 0. The smallest absolute Gasteiger partial charge is 0.192 e. The molecule has 0 spiro atoms. The van der Waals surface area contributed by atoms with E-state index in [4.69, 9.17) is 0 Å². The number of hydrogen-bond acceptors (Lipinski definition) is 0. The lowest BCUT2D eigenvalue weighted by Gasteiger charge is -2.48. The molecule has 0 saturated carbocycles. The maximum atomic E-state index is 14.1. The van der Waals surface area contributed by atoms with Crippen LogP contribution >= 0.6 is 0 Å². The molecule has 0 fully saturated rings. The van der Waals surface area contributed by atoms with Crippen LogP contribution < -0.4 is 0 Å². The van der Waals surface area contributed by atoms with Crippen LogP contribution in [0.2, 0.25) is 0 Å². The molecule has 0 aliphatic carbocycles. The largest absolute Gasteiger partial charge is 0.460 e. The Bertz CT molecular complexity index is 2290. The van der Waals surface area contributed by atoms with Crippen molar-refractivity contribution in [1.29, 1.82) is 0 Å². The van der Waals surface area contributed by atoms with E-state index in [1.165, 1.54) is 0 Å². The molecule has 0 heterocycles. The third kappa shape index (κ3) is 8.33. The van der Waals surface area contributed by atoms with E-state index in [1.807, 2.05) is 0 Å². The highest BCUT2D eigenvalue weighted by Gasteiger charge is 3.05. The van der Waals surface area contributed by atoms with Crippen LogP contribution in [0.3, 0.4) is 0 Å². The summed E-state index contributed by atoms with van der Waals surface area (Å²) >= 11 is 0. The fourth-order valence-corrected chi connectivity index (χ4v) is 4.83. The number of rotatable bonds is 25. The molecule has 0 aliphatic heterocycles. The van der Waals surface area contributed by atoms with Gasteiger partial charge in [-0.2, -0.15) is 241 Å².